The van der Waals surface area contributed by atoms with E-state index in [1.54, 1.807) is 0 Å². The monoisotopic (exact) mass is 212 g/mol. The van der Waals surface area contributed by atoms with E-state index in [2.05, 4.69) is 26.6 Å². The Hall–Kier alpha value is -2.12. The van der Waals surface area contributed by atoms with Crippen molar-refractivity contribution in [1.82, 2.24) is 20.7 Å². The third-order valence-corrected chi connectivity index (χ3v) is 2.19. The summed E-state index contributed by atoms with van der Waals surface area (Å²) in [7, 11) is 0. The van der Waals surface area contributed by atoms with Gasteiger partial charge in [0, 0.05) is 12.1 Å². The fourth-order valence-corrected chi connectivity index (χ4v) is 1.46. The van der Waals surface area contributed by atoms with E-state index in [0.29, 0.717) is 13.1 Å². The lowest BCUT2D eigenvalue weighted by molar-refractivity contribution is 0.744. The molecular formula is C12H12N4. The summed E-state index contributed by atoms with van der Waals surface area (Å²) in [6.45, 7) is 1.14. The zero-order valence-electron chi connectivity index (χ0n) is 8.77. The van der Waals surface area contributed by atoms with Crippen molar-refractivity contribution in [2.24, 2.45) is 0 Å². The summed E-state index contributed by atoms with van der Waals surface area (Å²) in [6.07, 6.45) is 5.16. The van der Waals surface area contributed by atoms with Gasteiger partial charge < -0.3 is 5.32 Å². The molecule has 0 aliphatic heterocycles. The van der Waals surface area contributed by atoms with Crippen LogP contribution < -0.4 is 5.32 Å². The number of benzene rings is 1. The molecule has 80 valence electrons. The highest BCUT2D eigenvalue weighted by Crippen LogP contribution is 2.18. The molecule has 1 aromatic heterocycles. The molecule has 0 spiro atoms. The number of aromatic nitrogens is 3. The van der Waals surface area contributed by atoms with Crippen LogP contribution in [-0.4, -0.2) is 22.0 Å². The van der Waals surface area contributed by atoms with E-state index in [9.17, 15) is 0 Å². The van der Waals surface area contributed by atoms with Crippen LogP contribution in [0, 0.1) is 12.3 Å². The molecule has 0 radical (unpaired) electrons. The fourth-order valence-electron chi connectivity index (χ4n) is 1.46. The molecule has 16 heavy (non-hydrogen) atoms. The fraction of sp³-hybridized carbons (Fsp3) is 0.167. The Balaban J connectivity index is 2.17. The largest absolute Gasteiger partial charge is 0.300 e. The summed E-state index contributed by atoms with van der Waals surface area (Å²) in [5.41, 5.74) is 2.79. The molecule has 2 rings (SSSR count). The van der Waals surface area contributed by atoms with Crippen LogP contribution in [0.2, 0.25) is 0 Å². The zero-order valence-corrected chi connectivity index (χ0v) is 8.77. The minimum absolute atomic E-state index is 0.529. The van der Waals surface area contributed by atoms with Gasteiger partial charge in [-0.3, -0.25) is 0 Å². The smallest absolute Gasteiger partial charge is 0.117 e. The van der Waals surface area contributed by atoms with Crippen molar-refractivity contribution < 1.29 is 0 Å². The zero-order chi connectivity index (χ0) is 11.2. The normalized spacial score (nSPS) is 9.94. The molecular weight excluding hydrogens is 200 g/mol. The number of aromatic amines is 1. The molecule has 1 aromatic carbocycles. The lowest BCUT2D eigenvalue weighted by Crippen LogP contribution is -2.13. The van der Waals surface area contributed by atoms with Crippen molar-refractivity contribution in [2.45, 2.75) is 6.54 Å². The lowest BCUT2D eigenvalue weighted by Gasteiger charge is -2.00. The van der Waals surface area contributed by atoms with Gasteiger partial charge in [0.25, 0.3) is 0 Å². The number of rotatable bonds is 4. The number of nitrogens with one attached hydrogen (secondary N) is 2. The molecule has 0 saturated heterocycles. The Morgan fingerprint density at radius 3 is 2.81 bits per heavy atom. The molecule has 0 amide bonds. The second-order valence-electron chi connectivity index (χ2n) is 3.29. The summed E-state index contributed by atoms with van der Waals surface area (Å²) in [6, 6.07) is 9.93. The Labute approximate surface area is 94.1 Å². The van der Waals surface area contributed by atoms with Crippen LogP contribution >= 0.6 is 0 Å². The molecule has 4 nitrogen and oxygen atoms in total. The Morgan fingerprint density at radius 2 is 2.06 bits per heavy atom. The van der Waals surface area contributed by atoms with Crippen LogP contribution in [0.4, 0.5) is 0 Å². The van der Waals surface area contributed by atoms with Gasteiger partial charge >= 0.3 is 0 Å². The average molecular weight is 212 g/mol. The van der Waals surface area contributed by atoms with Gasteiger partial charge in [-0.2, -0.15) is 15.4 Å². The maximum Gasteiger partial charge on any atom is 0.117 e. The Kier molecular flexibility index (Phi) is 3.31. The Morgan fingerprint density at radius 1 is 1.25 bits per heavy atom. The van der Waals surface area contributed by atoms with E-state index in [1.165, 1.54) is 0 Å². The van der Waals surface area contributed by atoms with Crippen LogP contribution in [-0.2, 0) is 6.54 Å². The van der Waals surface area contributed by atoms with Crippen LogP contribution in [0.1, 0.15) is 5.69 Å². The predicted octanol–water partition coefficient (Wildman–Crippen LogP) is 1.19. The van der Waals surface area contributed by atoms with Gasteiger partial charge in [-0.1, -0.05) is 36.3 Å². The number of nitrogens with zero attached hydrogens (tertiary/aromatic N) is 2. The number of hydrogen-bond donors (Lipinski definition) is 2. The molecule has 0 unspecified atom stereocenters. The number of terminal acetylenes is 1. The van der Waals surface area contributed by atoms with Crippen molar-refractivity contribution >= 4 is 0 Å². The standard InChI is InChI=1S/C12H12N4/c1-2-8-13-9-11-12(15-16-14-11)10-6-4-3-5-7-10/h1,3-7,13H,8-9H2,(H,14,15,16). The maximum absolute atomic E-state index is 5.16. The van der Waals surface area contributed by atoms with Crippen LogP contribution in [0.15, 0.2) is 30.3 Å². The van der Waals surface area contributed by atoms with E-state index in [1.807, 2.05) is 30.3 Å². The molecule has 0 atom stereocenters. The average Bonchev–Trinajstić information content (AvgIpc) is 2.79. The van der Waals surface area contributed by atoms with Crippen molar-refractivity contribution in [3.63, 3.8) is 0 Å². The molecule has 0 saturated carbocycles. The molecule has 0 bridgehead atoms. The minimum atomic E-state index is 0.529. The topological polar surface area (TPSA) is 53.6 Å². The van der Waals surface area contributed by atoms with Gasteiger partial charge in [-0.15, -0.1) is 6.42 Å². The maximum atomic E-state index is 5.16. The summed E-state index contributed by atoms with van der Waals surface area (Å²) in [4.78, 5) is 0. The minimum Gasteiger partial charge on any atom is -0.300 e. The van der Waals surface area contributed by atoms with Gasteiger partial charge in [-0.05, 0) is 0 Å². The van der Waals surface area contributed by atoms with Crippen LogP contribution in [0.3, 0.4) is 0 Å². The third-order valence-electron chi connectivity index (χ3n) is 2.19. The van der Waals surface area contributed by atoms with Crippen molar-refractivity contribution in [3.8, 4) is 23.6 Å². The molecule has 0 aliphatic carbocycles. The Bertz CT molecular complexity index is 481. The molecule has 2 aromatic rings. The first-order valence-corrected chi connectivity index (χ1v) is 5.01. The number of hydrogen-bond acceptors (Lipinski definition) is 3. The summed E-state index contributed by atoms with van der Waals surface area (Å²) < 4.78 is 0. The highest BCUT2D eigenvalue weighted by molar-refractivity contribution is 5.60. The highest BCUT2D eigenvalue weighted by atomic mass is 15.3. The molecule has 0 fully saturated rings. The first-order chi connectivity index (χ1) is 7.92. The highest BCUT2D eigenvalue weighted by Gasteiger charge is 2.08. The molecule has 0 aliphatic rings. The summed E-state index contributed by atoms with van der Waals surface area (Å²) in [5.74, 6) is 2.52. The van der Waals surface area contributed by atoms with Gasteiger partial charge in [0.05, 0.1) is 6.54 Å². The van der Waals surface area contributed by atoms with E-state index in [-0.39, 0.29) is 0 Å². The SMILES string of the molecule is C#CCNCc1n[nH]nc1-c1ccccc1. The summed E-state index contributed by atoms with van der Waals surface area (Å²) in [5, 5.41) is 14.0. The van der Waals surface area contributed by atoms with Crippen molar-refractivity contribution in [1.29, 1.82) is 0 Å². The second kappa shape index (κ2) is 5.10. The van der Waals surface area contributed by atoms with Crippen LogP contribution in [0.5, 0.6) is 0 Å². The lowest BCUT2D eigenvalue weighted by atomic mass is 10.1. The predicted molar refractivity (Wildman–Crippen MR) is 62.4 cm³/mol. The van der Waals surface area contributed by atoms with Crippen molar-refractivity contribution in [2.75, 3.05) is 6.54 Å². The first kappa shape index (κ1) is 10.4. The molecule has 1 heterocycles. The summed E-state index contributed by atoms with van der Waals surface area (Å²) >= 11 is 0. The van der Waals surface area contributed by atoms with Gasteiger partial charge in [-0.25, -0.2) is 0 Å². The second-order valence-corrected chi connectivity index (χ2v) is 3.29. The van der Waals surface area contributed by atoms with Gasteiger partial charge in [0.1, 0.15) is 11.4 Å². The van der Waals surface area contributed by atoms with Gasteiger partial charge in [0.15, 0.2) is 0 Å². The van der Waals surface area contributed by atoms with E-state index >= 15 is 0 Å². The first-order valence-electron chi connectivity index (χ1n) is 5.01. The molecule has 4 heteroatoms. The quantitative estimate of drug-likeness (QED) is 0.591. The van der Waals surface area contributed by atoms with E-state index < -0.39 is 0 Å². The number of H-pyrrole nitrogens is 1. The van der Waals surface area contributed by atoms with Crippen molar-refractivity contribution in [3.05, 3.63) is 36.0 Å². The van der Waals surface area contributed by atoms with Gasteiger partial charge in [0.2, 0.25) is 0 Å². The van der Waals surface area contributed by atoms with Crippen LogP contribution in [0.25, 0.3) is 11.3 Å². The van der Waals surface area contributed by atoms with E-state index in [4.69, 9.17) is 6.42 Å². The van der Waals surface area contributed by atoms with E-state index in [0.717, 1.165) is 17.0 Å². The third kappa shape index (κ3) is 2.27. The molecule has 2 N–H and O–H groups in total.